The van der Waals surface area contributed by atoms with Crippen LogP contribution < -0.4 is 5.73 Å². The van der Waals surface area contributed by atoms with Crippen LogP contribution >= 0.6 is 22.7 Å². The molecule has 3 N–H and O–H groups in total. The highest BCUT2D eigenvalue weighted by molar-refractivity contribution is 7.14. The molecule has 0 bridgehead atoms. The molecule has 0 radical (unpaired) electrons. The third kappa shape index (κ3) is 3.20. The Hall–Kier alpha value is -1.33. The van der Waals surface area contributed by atoms with Crippen molar-refractivity contribution in [1.29, 1.82) is 0 Å². The van der Waals surface area contributed by atoms with Crippen LogP contribution in [0.1, 0.15) is 10.4 Å². The molecule has 2 rings (SSSR count). The number of carboxylic acid groups (broad SMARTS) is 1. The van der Waals surface area contributed by atoms with Crippen molar-refractivity contribution in [3.8, 4) is 0 Å². The van der Waals surface area contributed by atoms with E-state index in [9.17, 15) is 4.79 Å². The van der Waals surface area contributed by atoms with Crippen molar-refractivity contribution in [2.45, 2.75) is 0 Å². The fourth-order valence-electron chi connectivity index (χ4n) is 0.724. The molecule has 0 aliphatic carbocycles. The van der Waals surface area contributed by atoms with Crippen molar-refractivity contribution >= 4 is 33.6 Å². The molecule has 5 heteroatoms. The van der Waals surface area contributed by atoms with Crippen LogP contribution in [0.25, 0.3) is 0 Å². The Balaban J connectivity index is 0.000000165. The van der Waals surface area contributed by atoms with Gasteiger partial charge < -0.3 is 10.8 Å². The predicted octanol–water partition coefficient (Wildman–Crippen LogP) is 2.78. The second-order valence-electron chi connectivity index (χ2n) is 2.30. The van der Waals surface area contributed by atoms with Gasteiger partial charge >= 0.3 is 5.97 Å². The van der Waals surface area contributed by atoms with Gasteiger partial charge in [0.05, 0.1) is 5.56 Å². The minimum Gasteiger partial charge on any atom is -0.478 e. The Morgan fingerprint density at radius 3 is 2.14 bits per heavy atom. The number of anilines is 1. The van der Waals surface area contributed by atoms with E-state index in [-0.39, 0.29) is 5.56 Å². The van der Waals surface area contributed by atoms with Crippen molar-refractivity contribution in [2.75, 3.05) is 5.73 Å². The average Bonchev–Trinajstić information content (AvgIpc) is 2.74. The van der Waals surface area contributed by atoms with Gasteiger partial charge in [-0.1, -0.05) is 12.1 Å². The Bertz CT molecular complexity index is 364. The van der Waals surface area contributed by atoms with Crippen molar-refractivity contribution in [3.05, 3.63) is 39.9 Å². The van der Waals surface area contributed by atoms with Crippen LogP contribution in [0.3, 0.4) is 0 Å². The van der Waals surface area contributed by atoms with E-state index in [0.29, 0.717) is 5.00 Å². The second kappa shape index (κ2) is 5.41. The Morgan fingerprint density at radius 2 is 1.93 bits per heavy atom. The number of hydrogen-bond donors (Lipinski definition) is 2. The normalized spacial score (nSPS) is 8.86. The van der Waals surface area contributed by atoms with E-state index in [0.717, 1.165) is 0 Å². The molecule has 0 saturated carbocycles. The summed E-state index contributed by atoms with van der Waals surface area (Å²) in [5.41, 5.74) is 5.47. The number of nitrogen functional groups attached to an aromatic ring is 1. The van der Waals surface area contributed by atoms with Crippen LogP contribution in [0, 0.1) is 0 Å². The number of carbonyl (C=O) groups is 1. The van der Waals surface area contributed by atoms with E-state index >= 15 is 0 Å². The summed E-state index contributed by atoms with van der Waals surface area (Å²) >= 11 is 2.94. The topological polar surface area (TPSA) is 63.3 Å². The molecule has 0 spiro atoms. The number of rotatable bonds is 1. The van der Waals surface area contributed by atoms with E-state index in [1.54, 1.807) is 16.7 Å². The molecule has 3 nitrogen and oxygen atoms in total. The molecule has 2 aromatic rings. The molecule has 0 unspecified atom stereocenters. The van der Waals surface area contributed by atoms with Crippen LogP contribution in [-0.2, 0) is 0 Å². The zero-order valence-electron chi connectivity index (χ0n) is 7.21. The van der Waals surface area contributed by atoms with Crippen molar-refractivity contribution in [1.82, 2.24) is 0 Å². The fraction of sp³-hybridized carbons (Fsp3) is 0. The first-order valence-corrected chi connectivity index (χ1v) is 5.57. The summed E-state index contributed by atoms with van der Waals surface area (Å²) in [5, 5.41) is 14.5. The van der Waals surface area contributed by atoms with E-state index in [1.807, 2.05) is 22.9 Å². The van der Waals surface area contributed by atoms with Crippen LogP contribution in [-0.4, -0.2) is 11.1 Å². The smallest absolute Gasteiger partial charge is 0.338 e. The molecule has 0 atom stereocenters. The monoisotopic (exact) mass is 227 g/mol. The molecular weight excluding hydrogens is 218 g/mol. The molecular formula is C9H9NO2S2. The molecule has 0 aromatic carbocycles. The molecule has 0 saturated heterocycles. The summed E-state index contributed by atoms with van der Waals surface area (Å²) in [6.45, 7) is 0. The summed E-state index contributed by atoms with van der Waals surface area (Å²) in [6.07, 6.45) is 0. The molecule has 0 aliphatic heterocycles. The van der Waals surface area contributed by atoms with Gasteiger partial charge in [0, 0.05) is 0 Å². The predicted molar refractivity (Wildman–Crippen MR) is 60.0 cm³/mol. The molecule has 0 aliphatic rings. The zero-order chi connectivity index (χ0) is 10.4. The van der Waals surface area contributed by atoms with Gasteiger partial charge in [-0.15, -0.1) is 11.3 Å². The maximum atomic E-state index is 10.2. The molecule has 0 fully saturated rings. The number of thiophene rings is 2. The number of aromatic carboxylic acids is 1. The Labute approximate surface area is 89.4 Å². The van der Waals surface area contributed by atoms with E-state index in [1.165, 1.54) is 17.4 Å². The van der Waals surface area contributed by atoms with Crippen LogP contribution in [0.2, 0.25) is 0 Å². The highest BCUT2D eigenvalue weighted by Crippen LogP contribution is 2.17. The van der Waals surface area contributed by atoms with Gasteiger partial charge in [0.25, 0.3) is 0 Å². The maximum absolute atomic E-state index is 10.2. The number of hydrogen-bond acceptors (Lipinski definition) is 4. The molecule has 2 aromatic heterocycles. The van der Waals surface area contributed by atoms with Crippen molar-refractivity contribution in [3.63, 3.8) is 0 Å². The van der Waals surface area contributed by atoms with Crippen molar-refractivity contribution in [2.24, 2.45) is 0 Å². The average molecular weight is 227 g/mol. The molecule has 14 heavy (non-hydrogen) atoms. The number of carboxylic acids is 1. The van der Waals surface area contributed by atoms with Crippen LogP contribution in [0.5, 0.6) is 0 Å². The van der Waals surface area contributed by atoms with Crippen LogP contribution in [0.4, 0.5) is 5.00 Å². The lowest BCUT2D eigenvalue weighted by Gasteiger charge is -1.86. The van der Waals surface area contributed by atoms with Gasteiger partial charge in [-0.05, 0) is 22.2 Å². The third-order valence-corrected chi connectivity index (χ3v) is 2.73. The summed E-state index contributed by atoms with van der Waals surface area (Å²) in [4.78, 5) is 10.2. The quantitative estimate of drug-likeness (QED) is 0.787. The van der Waals surface area contributed by atoms with E-state index in [2.05, 4.69) is 0 Å². The SMILES string of the molecule is Nc1sccc1C(=O)O.c1ccsc1. The summed E-state index contributed by atoms with van der Waals surface area (Å²) in [6, 6.07) is 5.53. The van der Waals surface area contributed by atoms with Gasteiger partial charge in [-0.25, -0.2) is 4.79 Å². The zero-order valence-corrected chi connectivity index (χ0v) is 8.85. The Kier molecular flexibility index (Phi) is 4.15. The standard InChI is InChI=1S/C5H5NO2S.C4H4S/c6-4-3(5(7)8)1-2-9-4;1-2-4-5-3-1/h1-2H,6H2,(H,7,8);1-4H. The first-order chi connectivity index (χ1) is 6.72. The summed E-state index contributed by atoms with van der Waals surface area (Å²) in [7, 11) is 0. The summed E-state index contributed by atoms with van der Waals surface area (Å²) < 4.78 is 0. The fourth-order valence-corrected chi connectivity index (χ4v) is 1.81. The molecule has 2 heterocycles. The lowest BCUT2D eigenvalue weighted by Crippen LogP contribution is -1.96. The highest BCUT2D eigenvalue weighted by atomic mass is 32.1. The maximum Gasteiger partial charge on any atom is 0.338 e. The van der Waals surface area contributed by atoms with Gasteiger partial charge in [-0.3, -0.25) is 0 Å². The first-order valence-electron chi connectivity index (χ1n) is 3.75. The van der Waals surface area contributed by atoms with Crippen molar-refractivity contribution < 1.29 is 9.90 Å². The highest BCUT2D eigenvalue weighted by Gasteiger charge is 2.06. The van der Waals surface area contributed by atoms with E-state index < -0.39 is 5.97 Å². The van der Waals surface area contributed by atoms with Gasteiger partial charge in [0.15, 0.2) is 0 Å². The van der Waals surface area contributed by atoms with E-state index in [4.69, 9.17) is 10.8 Å². The minimum absolute atomic E-state index is 0.194. The first kappa shape index (κ1) is 10.7. The minimum atomic E-state index is -0.964. The number of nitrogens with two attached hydrogens (primary N) is 1. The van der Waals surface area contributed by atoms with Gasteiger partial charge in [0.1, 0.15) is 5.00 Å². The van der Waals surface area contributed by atoms with Gasteiger partial charge in [-0.2, -0.15) is 11.3 Å². The third-order valence-electron chi connectivity index (χ3n) is 1.35. The second-order valence-corrected chi connectivity index (χ2v) is 4.06. The molecule has 74 valence electrons. The lowest BCUT2D eigenvalue weighted by molar-refractivity contribution is 0.0698. The van der Waals surface area contributed by atoms with Crippen LogP contribution in [0.15, 0.2) is 34.3 Å². The molecule has 0 amide bonds. The Morgan fingerprint density at radius 1 is 1.29 bits per heavy atom. The van der Waals surface area contributed by atoms with Gasteiger partial charge in [0.2, 0.25) is 0 Å². The summed E-state index contributed by atoms with van der Waals surface area (Å²) in [5.74, 6) is -0.964. The largest absolute Gasteiger partial charge is 0.478 e. The lowest BCUT2D eigenvalue weighted by atomic mass is 10.3.